The number of benzene rings is 3. The lowest BCUT2D eigenvalue weighted by Crippen LogP contribution is -2.29. The number of likely N-dealkylation sites (tertiary alicyclic amines) is 1. The summed E-state index contributed by atoms with van der Waals surface area (Å²) in [6.45, 7) is 5.79. The highest BCUT2D eigenvalue weighted by Crippen LogP contribution is 2.44. The van der Waals surface area contributed by atoms with Crippen molar-refractivity contribution in [1.29, 1.82) is 0 Å². The molecule has 7 nitrogen and oxygen atoms in total. The molecule has 0 radical (unpaired) electrons. The van der Waals surface area contributed by atoms with E-state index in [9.17, 15) is 14.7 Å². The van der Waals surface area contributed by atoms with Gasteiger partial charge >= 0.3 is 0 Å². The molecule has 198 valence electrons. The van der Waals surface area contributed by atoms with Gasteiger partial charge in [-0.15, -0.1) is 0 Å². The van der Waals surface area contributed by atoms with Crippen molar-refractivity contribution in [2.75, 3.05) is 14.2 Å². The van der Waals surface area contributed by atoms with Gasteiger partial charge in [-0.25, -0.2) is 0 Å². The van der Waals surface area contributed by atoms with Gasteiger partial charge < -0.3 is 24.2 Å². The topological polar surface area (TPSA) is 85.3 Å². The van der Waals surface area contributed by atoms with E-state index in [1.807, 2.05) is 45.0 Å². The van der Waals surface area contributed by atoms with Gasteiger partial charge in [0.2, 0.25) is 0 Å². The molecule has 1 unspecified atom stereocenters. The first-order chi connectivity index (χ1) is 18.1. The van der Waals surface area contributed by atoms with Gasteiger partial charge in [0, 0.05) is 6.54 Å². The summed E-state index contributed by atoms with van der Waals surface area (Å²) >= 11 is 6.38. The van der Waals surface area contributed by atoms with Gasteiger partial charge in [0.05, 0.1) is 42.5 Å². The van der Waals surface area contributed by atoms with Crippen molar-refractivity contribution in [2.45, 2.75) is 39.5 Å². The molecule has 1 aliphatic heterocycles. The number of aliphatic hydroxyl groups excluding tert-OH is 1. The first-order valence-corrected chi connectivity index (χ1v) is 12.5. The van der Waals surface area contributed by atoms with Crippen molar-refractivity contribution in [2.24, 2.45) is 0 Å². The smallest absolute Gasteiger partial charge is 0.295 e. The van der Waals surface area contributed by atoms with Crippen LogP contribution in [0.15, 0.2) is 66.2 Å². The molecule has 1 atom stereocenters. The summed E-state index contributed by atoms with van der Waals surface area (Å²) < 4.78 is 16.7. The number of ketones is 1. The molecule has 0 spiro atoms. The number of methoxy groups -OCH3 is 2. The van der Waals surface area contributed by atoms with Crippen LogP contribution in [0.5, 0.6) is 17.2 Å². The van der Waals surface area contributed by atoms with Crippen LogP contribution in [-0.4, -0.2) is 42.0 Å². The minimum absolute atomic E-state index is 0.0209. The lowest BCUT2D eigenvalue weighted by Gasteiger charge is -2.26. The van der Waals surface area contributed by atoms with Gasteiger partial charge in [0.1, 0.15) is 23.0 Å². The maximum Gasteiger partial charge on any atom is 0.295 e. The summed E-state index contributed by atoms with van der Waals surface area (Å²) in [5, 5.41) is 11.8. The third kappa shape index (κ3) is 5.34. The van der Waals surface area contributed by atoms with Gasteiger partial charge in [-0.2, -0.15) is 0 Å². The van der Waals surface area contributed by atoms with Crippen LogP contribution >= 0.6 is 11.6 Å². The lowest BCUT2D eigenvalue weighted by molar-refractivity contribution is -0.140. The van der Waals surface area contributed by atoms with Crippen molar-refractivity contribution in [1.82, 2.24) is 4.90 Å². The Kier molecular flexibility index (Phi) is 7.97. The molecule has 1 heterocycles. The fraction of sp³-hybridized carbons (Fsp3) is 0.267. The molecule has 1 N–H and O–H groups in total. The maximum atomic E-state index is 13.5. The molecule has 8 heteroatoms. The van der Waals surface area contributed by atoms with Crippen LogP contribution < -0.4 is 14.2 Å². The Balaban J connectivity index is 1.89. The van der Waals surface area contributed by atoms with Crippen molar-refractivity contribution in [3.63, 3.8) is 0 Å². The van der Waals surface area contributed by atoms with E-state index in [2.05, 4.69) is 0 Å². The Labute approximate surface area is 227 Å². The number of carbonyl (C=O) groups excluding carboxylic acids is 2. The zero-order chi connectivity index (χ0) is 27.6. The quantitative estimate of drug-likeness (QED) is 0.214. The molecular weight excluding hydrogens is 506 g/mol. The minimum Gasteiger partial charge on any atom is -0.507 e. The van der Waals surface area contributed by atoms with Gasteiger partial charge in [-0.05, 0) is 73.9 Å². The number of rotatable bonds is 8. The summed E-state index contributed by atoms with van der Waals surface area (Å²) in [6.07, 6.45) is -0.0209. The van der Waals surface area contributed by atoms with E-state index >= 15 is 0 Å². The predicted octanol–water partition coefficient (Wildman–Crippen LogP) is 6.07. The number of hydrogen-bond acceptors (Lipinski definition) is 6. The van der Waals surface area contributed by atoms with Crippen molar-refractivity contribution in [3.05, 3.63) is 93.5 Å². The van der Waals surface area contributed by atoms with E-state index in [1.165, 1.54) is 19.1 Å². The average Bonchev–Trinajstić information content (AvgIpc) is 3.12. The van der Waals surface area contributed by atoms with Crippen LogP contribution in [0.1, 0.15) is 42.1 Å². The van der Waals surface area contributed by atoms with Crippen LogP contribution in [0.4, 0.5) is 0 Å². The lowest BCUT2D eigenvalue weighted by atomic mass is 9.94. The molecule has 0 aromatic heterocycles. The second-order valence-corrected chi connectivity index (χ2v) is 9.75. The molecule has 0 aliphatic carbocycles. The summed E-state index contributed by atoms with van der Waals surface area (Å²) in [6, 6.07) is 16.9. The van der Waals surface area contributed by atoms with Gasteiger partial charge in [-0.3, -0.25) is 9.59 Å². The molecule has 1 aliphatic rings. The van der Waals surface area contributed by atoms with E-state index in [4.69, 9.17) is 25.8 Å². The third-order valence-corrected chi connectivity index (χ3v) is 6.50. The van der Waals surface area contributed by atoms with E-state index in [0.717, 1.165) is 11.1 Å². The van der Waals surface area contributed by atoms with Crippen molar-refractivity contribution in [3.8, 4) is 17.2 Å². The van der Waals surface area contributed by atoms with Crippen LogP contribution in [0, 0.1) is 6.92 Å². The summed E-state index contributed by atoms with van der Waals surface area (Å²) in [4.78, 5) is 28.4. The van der Waals surface area contributed by atoms with Crippen LogP contribution in [0.2, 0.25) is 5.02 Å². The van der Waals surface area contributed by atoms with Gasteiger partial charge in [-0.1, -0.05) is 35.9 Å². The second kappa shape index (κ2) is 11.2. The fourth-order valence-electron chi connectivity index (χ4n) is 4.64. The Hall–Kier alpha value is -3.97. The number of ether oxygens (including phenoxy) is 3. The molecule has 3 aromatic rings. The predicted molar refractivity (Wildman–Crippen MR) is 146 cm³/mol. The van der Waals surface area contributed by atoms with Crippen molar-refractivity contribution >= 4 is 29.1 Å². The first kappa shape index (κ1) is 27.1. The largest absolute Gasteiger partial charge is 0.507 e. The molecule has 0 bridgehead atoms. The third-order valence-electron chi connectivity index (χ3n) is 6.22. The molecule has 1 amide bonds. The number of hydrogen-bond donors (Lipinski definition) is 1. The first-order valence-electron chi connectivity index (χ1n) is 12.2. The highest BCUT2D eigenvalue weighted by molar-refractivity contribution is 6.46. The Bertz CT molecular complexity index is 1410. The summed E-state index contributed by atoms with van der Waals surface area (Å²) in [5.74, 6) is -0.471. The number of amides is 1. The summed E-state index contributed by atoms with van der Waals surface area (Å²) in [5.41, 5.74) is 2.31. The number of Topliss-reactive ketones (excluding diaryl/α,β-unsaturated/α-hetero) is 1. The molecule has 1 fully saturated rings. The molecule has 0 saturated carbocycles. The van der Waals surface area contributed by atoms with Crippen LogP contribution in [0.25, 0.3) is 5.76 Å². The van der Waals surface area contributed by atoms with Gasteiger partial charge in [0.15, 0.2) is 0 Å². The second-order valence-electron chi connectivity index (χ2n) is 9.35. The molecule has 3 aromatic carbocycles. The fourth-order valence-corrected chi connectivity index (χ4v) is 5.00. The van der Waals surface area contributed by atoms with E-state index in [1.54, 1.807) is 36.4 Å². The number of halogens is 1. The SMILES string of the molecule is COc1cccc(C2/C(=C(\O)c3cc(C)cc(Cl)c3OC)C(=O)C(=O)N2Cc2cccc(OC(C)C)c2)c1. The Morgan fingerprint density at radius 1 is 1.00 bits per heavy atom. The number of carbonyl (C=O) groups is 2. The Morgan fingerprint density at radius 3 is 2.39 bits per heavy atom. The minimum atomic E-state index is -0.885. The maximum absolute atomic E-state index is 13.5. The Morgan fingerprint density at radius 2 is 1.71 bits per heavy atom. The highest BCUT2D eigenvalue weighted by atomic mass is 35.5. The molecule has 4 rings (SSSR count). The van der Waals surface area contributed by atoms with E-state index in [-0.39, 0.29) is 40.3 Å². The van der Waals surface area contributed by atoms with E-state index < -0.39 is 17.7 Å². The van der Waals surface area contributed by atoms with Crippen molar-refractivity contribution < 1.29 is 28.9 Å². The van der Waals surface area contributed by atoms with Gasteiger partial charge in [0.25, 0.3) is 11.7 Å². The normalized spacial score (nSPS) is 16.7. The number of nitrogens with zero attached hydrogens (tertiary/aromatic N) is 1. The van der Waals surface area contributed by atoms with Crippen LogP contribution in [-0.2, 0) is 16.1 Å². The number of aliphatic hydroxyl groups is 1. The van der Waals surface area contributed by atoms with Crippen LogP contribution in [0.3, 0.4) is 0 Å². The monoisotopic (exact) mass is 535 g/mol. The zero-order valence-corrected chi connectivity index (χ0v) is 22.7. The summed E-state index contributed by atoms with van der Waals surface area (Å²) in [7, 11) is 2.97. The molecular formula is C30H30ClNO6. The van der Waals surface area contributed by atoms with E-state index in [0.29, 0.717) is 17.1 Å². The standard InChI is InChI=1S/C30H30ClNO6/c1-17(2)38-22-11-6-8-19(14-22)16-32-26(20-9-7-10-21(15-20)36-4)25(28(34)30(32)35)27(33)23-12-18(3)13-24(31)29(23)37-5/h6-15,17,26,33H,16H2,1-5H3/b27-25+. The average molecular weight is 536 g/mol. The highest BCUT2D eigenvalue weighted by Gasteiger charge is 2.46. The zero-order valence-electron chi connectivity index (χ0n) is 21.9. The molecule has 38 heavy (non-hydrogen) atoms. The molecule has 1 saturated heterocycles. The number of aryl methyl sites for hydroxylation is 1.